The lowest BCUT2D eigenvalue weighted by Gasteiger charge is -2.30. The Balaban J connectivity index is 3.54. The number of ether oxygens (including phenoxy) is 2. The Labute approximate surface area is 158 Å². The number of imide groups is 1. The minimum absolute atomic E-state index is 0.254. The van der Waals surface area contributed by atoms with E-state index in [9.17, 15) is 22.8 Å². The van der Waals surface area contributed by atoms with Crippen LogP contribution in [0.25, 0.3) is 0 Å². The maximum atomic E-state index is 13.5. The van der Waals surface area contributed by atoms with Gasteiger partial charge < -0.3 is 9.47 Å². The first kappa shape index (κ1) is 22.3. The van der Waals surface area contributed by atoms with E-state index in [0.717, 1.165) is 12.1 Å². The summed E-state index contributed by atoms with van der Waals surface area (Å²) in [5, 5.41) is 0. The molecule has 0 aromatic heterocycles. The molecule has 1 aromatic carbocycles. The Hall–Kier alpha value is -1.77. The Bertz CT molecular complexity index is 663. The first-order chi connectivity index (χ1) is 11.5. The van der Waals surface area contributed by atoms with E-state index >= 15 is 0 Å². The molecule has 1 aromatic rings. The predicted molar refractivity (Wildman–Crippen MR) is 94.1 cm³/mol. The van der Waals surface area contributed by atoms with Crippen LogP contribution in [0.15, 0.2) is 22.7 Å². The first-order valence-electron chi connectivity index (χ1n) is 7.65. The molecule has 0 radical (unpaired) electrons. The molecule has 0 saturated heterocycles. The van der Waals surface area contributed by atoms with Gasteiger partial charge in [-0.1, -0.05) is 22.0 Å². The van der Waals surface area contributed by atoms with Crippen molar-refractivity contribution in [3.63, 3.8) is 0 Å². The third-order valence-electron chi connectivity index (χ3n) is 2.67. The zero-order chi connectivity index (χ0) is 20.5. The molecule has 2 amide bonds. The van der Waals surface area contributed by atoms with Crippen molar-refractivity contribution in [1.29, 1.82) is 0 Å². The molecular weight excluding hydrogens is 419 g/mol. The monoisotopic (exact) mass is 439 g/mol. The molecule has 146 valence electrons. The molecule has 0 spiro atoms. The number of amides is 2. The van der Waals surface area contributed by atoms with E-state index in [1.807, 2.05) is 0 Å². The van der Waals surface area contributed by atoms with Crippen LogP contribution in [0.1, 0.15) is 47.1 Å². The van der Waals surface area contributed by atoms with Crippen molar-refractivity contribution in [3.8, 4) is 0 Å². The zero-order valence-electron chi connectivity index (χ0n) is 15.3. The van der Waals surface area contributed by atoms with E-state index in [1.165, 1.54) is 47.6 Å². The Morgan fingerprint density at radius 2 is 1.35 bits per heavy atom. The van der Waals surface area contributed by atoms with E-state index in [1.54, 1.807) is 0 Å². The standard InChI is InChI=1S/C17H21BrF3NO4/c1-15(2,3)25-13(23)22(14(24)26-16(4,5)6)11-9-7-8-10(18)12(11)17(19,20)21/h7-9H,1-6H3. The molecule has 26 heavy (non-hydrogen) atoms. The zero-order valence-corrected chi connectivity index (χ0v) is 16.9. The number of rotatable bonds is 1. The number of carbonyl (C=O) groups is 2. The lowest BCUT2D eigenvalue weighted by atomic mass is 10.1. The lowest BCUT2D eigenvalue weighted by Crippen LogP contribution is -2.44. The van der Waals surface area contributed by atoms with Gasteiger partial charge in [0.05, 0.1) is 11.3 Å². The highest BCUT2D eigenvalue weighted by molar-refractivity contribution is 9.10. The molecule has 1 rings (SSSR count). The number of hydrogen-bond acceptors (Lipinski definition) is 4. The van der Waals surface area contributed by atoms with Crippen molar-refractivity contribution in [2.24, 2.45) is 0 Å². The summed E-state index contributed by atoms with van der Waals surface area (Å²) < 4.78 is 50.4. The number of hydrogen-bond donors (Lipinski definition) is 0. The molecule has 0 unspecified atom stereocenters. The number of anilines is 1. The van der Waals surface area contributed by atoms with Crippen molar-refractivity contribution in [2.45, 2.75) is 58.9 Å². The minimum Gasteiger partial charge on any atom is -0.443 e. The van der Waals surface area contributed by atoms with E-state index in [-0.39, 0.29) is 9.37 Å². The molecule has 0 aliphatic rings. The van der Waals surface area contributed by atoms with Crippen LogP contribution in [-0.2, 0) is 15.7 Å². The van der Waals surface area contributed by atoms with E-state index in [4.69, 9.17) is 9.47 Å². The summed E-state index contributed by atoms with van der Waals surface area (Å²) in [6.07, 6.45) is -7.36. The number of nitrogens with zero attached hydrogens (tertiary/aromatic N) is 1. The summed E-state index contributed by atoms with van der Waals surface area (Å²) in [4.78, 5) is 25.2. The largest absolute Gasteiger partial charge is 0.443 e. The van der Waals surface area contributed by atoms with Gasteiger partial charge in [0.15, 0.2) is 0 Å². The van der Waals surface area contributed by atoms with Crippen LogP contribution in [0.3, 0.4) is 0 Å². The van der Waals surface area contributed by atoms with E-state index in [0.29, 0.717) is 0 Å². The molecule has 0 aliphatic heterocycles. The topological polar surface area (TPSA) is 55.8 Å². The number of alkyl halides is 3. The average molecular weight is 440 g/mol. The van der Waals surface area contributed by atoms with Gasteiger partial charge in [0, 0.05) is 4.47 Å². The van der Waals surface area contributed by atoms with Crippen LogP contribution in [0.5, 0.6) is 0 Å². The molecule has 0 atom stereocenters. The maximum Gasteiger partial charge on any atom is 0.424 e. The quantitative estimate of drug-likeness (QED) is 0.526. The van der Waals surface area contributed by atoms with Crippen molar-refractivity contribution in [2.75, 3.05) is 4.90 Å². The second kappa shape index (κ2) is 7.46. The second-order valence-corrected chi connectivity index (χ2v) is 8.28. The lowest BCUT2D eigenvalue weighted by molar-refractivity contribution is -0.137. The van der Waals surface area contributed by atoms with Gasteiger partial charge in [0.2, 0.25) is 0 Å². The number of halogens is 4. The van der Waals surface area contributed by atoms with Crippen molar-refractivity contribution in [1.82, 2.24) is 0 Å². The van der Waals surface area contributed by atoms with Crippen molar-refractivity contribution >= 4 is 33.8 Å². The molecule has 0 aliphatic carbocycles. The SMILES string of the molecule is CC(C)(C)OC(=O)N(C(=O)OC(C)(C)C)c1cccc(Br)c1C(F)(F)F. The average Bonchev–Trinajstić information content (AvgIpc) is 2.32. The Kier molecular flexibility index (Phi) is 6.39. The summed E-state index contributed by atoms with van der Waals surface area (Å²) in [5.41, 5.74) is -3.92. The van der Waals surface area contributed by atoms with Crippen molar-refractivity contribution < 1.29 is 32.2 Å². The van der Waals surface area contributed by atoms with Gasteiger partial charge in [-0.25, -0.2) is 9.59 Å². The summed E-state index contributed by atoms with van der Waals surface area (Å²) in [6, 6.07) is 3.44. The highest BCUT2D eigenvalue weighted by Gasteiger charge is 2.42. The third kappa shape index (κ3) is 6.19. The van der Waals surface area contributed by atoms with Crippen LogP contribution in [0.2, 0.25) is 0 Å². The van der Waals surface area contributed by atoms with Gasteiger partial charge >= 0.3 is 18.4 Å². The van der Waals surface area contributed by atoms with Crippen LogP contribution in [0, 0.1) is 0 Å². The number of benzene rings is 1. The van der Waals surface area contributed by atoms with E-state index < -0.39 is 40.8 Å². The van der Waals surface area contributed by atoms with Gasteiger partial charge in [-0.3, -0.25) is 0 Å². The number of carbonyl (C=O) groups excluding carboxylic acids is 2. The van der Waals surface area contributed by atoms with Gasteiger partial charge in [-0.15, -0.1) is 0 Å². The predicted octanol–water partition coefficient (Wildman–Crippen LogP) is 6.14. The van der Waals surface area contributed by atoms with Gasteiger partial charge in [0.1, 0.15) is 11.2 Å². The molecule has 0 heterocycles. The Morgan fingerprint density at radius 3 is 1.69 bits per heavy atom. The fourth-order valence-electron chi connectivity index (χ4n) is 1.87. The minimum atomic E-state index is -4.82. The second-order valence-electron chi connectivity index (χ2n) is 7.43. The molecule has 0 N–H and O–H groups in total. The van der Waals surface area contributed by atoms with Crippen LogP contribution in [-0.4, -0.2) is 23.4 Å². The normalized spacial score (nSPS) is 12.5. The van der Waals surface area contributed by atoms with Crippen LogP contribution in [0.4, 0.5) is 28.4 Å². The maximum absolute atomic E-state index is 13.5. The summed E-state index contributed by atoms with van der Waals surface area (Å²) in [7, 11) is 0. The highest BCUT2D eigenvalue weighted by Crippen LogP contribution is 2.42. The summed E-state index contributed by atoms with van der Waals surface area (Å²) in [6.45, 7) is 9.19. The fraction of sp³-hybridized carbons (Fsp3) is 0.529. The molecule has 0 bridgehead atoms. The molecule has 0 saturated carbocycles. The fourth-order valence-corrected chi connectivity index (χ4v) is 2.45. The molecule has 5 nitrogen and oxygen atoms in total. The molecule has 0 fully saturated rings. The molecule has 9 heteroatoms. The van der Waals surface area contributed by atoms with Gasteiger partial charge in [-0.05, 0) is 53.7 Å². The van der Waals surface area contributed by atoms with Gasteiger partial charge in [-0.2, -0.15) is 18.1 Å². The summed E-state index contributed by atoms with van der Waals surface area (Å²) in [5.74, 6) is 0. The smallest absolute Gasteiger partial charge is 0.424 e. The van der Waals surface area contributed by atoms with E-state index in [2.05, 4.69) is 15.9 Å². The highest BCUT2D eigenvalue weighted by atomic mass is 79.9. The van der Waals surface area contributed by atoms with Crippen molar-refractivity contribution in [3.05, 3.63) is 28.2 Å². The van der Waals surface area contributed by atoms with Crippen LogP contribution >= 0.6 is 15.9 Å². The van der Waals surface area contributed by atoms with Gasteiger partial charge in [0.25, 0.3) is 0 Å². The third-order valence-corrected chi connectivity index (χ3v) is 3.33. The Morgan fingerprint density at radius 1 is 0.923 bits per heavy atom. The molecular formula is C17H21BrF3NO4. The first-order valence-corrected chi connectivity index (χ1v) is 8.44. The van der Waals surface area contributed by atoms with Crippen LogP contribution < -0.4 is 4.90 Å². The summed E-state index contributed by atoms with van der Waals surface area (Å²) >= 11 is 2.82.